The SMILES string of the molecule is O=C(Nc1ccc(Cl)cc1)c1ccc2[nH]c(=O)oc2c1. The Morgan fingerprint density at radius 1 is 1.15 bits per heavy atom. The van der Waals surface area contributed by atoms with Gasteiger partial charge in [0.15, 0.2) is 5.58 Å². The zero-order valence-electron chi connectivity index (χ0n) is 10.1. The van der Waals surface area contributed by atoms with Gasteiger partial charge in [0, 0.05) is 16.3 Å². The topological polar surface area (TPSA) is 75.1 Å². The summed E-state index contributed by atoms with van der Waals surface area (Å²) in [5, 5.41) is 3.33. The number of halogens is 1. The second-order valence-corrected chi connectivity index (χ2v) is 4.62. The summed E-state index contributed by atoms with van der Waals surface area (Å²) >= 11 is 5.77. The van der Waals surface area contributed by atoms with Crippen LogP contribution in [0, 0.1) is 0 Å². The van der Waals surface area contributed by atoms with Crippen LogP contribution < -0.4 is 11.1 Å². The number of oxazole rings is 1. The molecule has 0 bridgehead atoms. The molecule has 2 aromatic carbocycles. The van der Waals surface area contributed by atoms with Crippen LogP contribution in [0.15, 0.2) is 51.7 Å². The lowest BCUT2D eigenvalue weighted by atomic mass is 10.2. The second-order valence-electron chi connectivity index (χ2n) is 4.19. The molecule has 1 amide bonds. The van der Waals surface area contributed by atoms with Crippen molar-refractivity contribution in [3.05, 3.63) is 63.6 Å². The fourth-order valence-corrected chi connectivity index (χ4v) is 1.95. The Balaban J connectivity index is 1.88. The van der Waals surface area contributed by atoms with E-state index in [1.54, 1.807) is 36.4 Å². The average Bonchev–Trinajstić information content (AvgIpc) is 2.80. The smallest absolute Gasteiger partial charge is 0.408 e. The number of aromatic amines is 1. The van der Waals surface area contributed by atoms with E-state index in [9.17, 15) is 9.59 Å². The van der Waals surface area contributed by atoms with Crippen molar-refractivity contribution in [3.8, 4) is 0 Å². The van der Waals surface area contributed by atoms with Gasteiger partial charge in [0.25, 0.3) is 5.91 Å². The third kappa shape index (κ3) is 2.44. The summed E-state index contributed by atoms with van der Waals surface area (Å²) in [6, 6.07) is 11.5. The van der Waals surface area contributed by atoms with Crippen molar-refractivity contribution in [2.45, 2.75) is 0 Å². The standard InChI is InChI=1S/C14H9ClN2O3/c15-9-2-4-10(5-3-9)16-13(18)8-1-6-11-12(7-8)20-14(19)17-11/h1-7H,(H,16,18)(H,17,19). The van der Waals surface area contributed by atoms with Crippen molar-refractivity contribution < 1.29 is 9.21 Å². The van der Waals surface area contributed by atoms with Gasteiger partial charge in [0.1, 0.15) is 0 Å². The third-order valence-corrected chi connectivity index (χ3v) is 3.04. The second kappa shape index (κ2) is 4.86. The number of amides is 1. The number of anilines is 1. The van der Waals surface area contributed by atoms with Crippen LogP contribution in [0.5, 0.6) is 0 Å². The molecule has 1 aromatic heterocycles. The highest BCUT2D eigenvalue weighted by molar-refractivity contribution is 6.30. The van der Waals surface area contributed by atoms with Crippen molar-refractivity contribution in [1.29, 1.82) is 0 Å². The normalized spacial score (nSPS) is 10.7. The number of benzene rings is 2. The molecule has 6 heteroatoms. The largest absolute Gasteiger partial charge is 0.417 e. The molecule has 2 N–H and O–H groups in total. The van der Waals surface area contributed by atoms with Crippen molar-refractivity contribution in [3.63, 3.8) is 0 Å². The number of H-pyrrole nitrogens is 1. The van der Waals surface area contributed by atoms with E-state index in [1.165, 1.54) is 6.07 Å². The van der Waals surface area contributed by atoms with E-state index in [2.05, 4.69) is 10.3 Å². The Bertz CT molecular complexity index is 833. The molecular weight excluding hydrogens is 280 g/mol. The number of hydrogen-bond donors (Lipinski definition) is 2. The van der Waals surface area contributed by atoms with E-state index in [0.29, 0.717) is 27.4 Å². The fraction of sp³-hybridized carbons (Fsp3) is 0. The van der Waals surface area contributed by atoms with Gasteiger partial charge in [-0.25, -0.2) is 4.79 Å². The predicted octanol–water partition coefficient (Wildman–Crippen LogP) is 3.03. The highest BCUT2D eigenvalue weighted by Crippen LogP contribution is 2.16. The van der Waals surface area contributed by atoms with Crippen LogP contribution in [0.1, 0.15) is 10.4 Å². The molecule has 0 saturated heterocycles. The number of aromatic nitrogens is 1. The zero-order valence-corrected chi connectivity index (χ0v) is 10.9. The summed E-state index contributed by atoms with van der Waals surface area (Å²) in [5.41, 5.74) is 1.93. The van der Waals surface area contributed by atoms with Gasteiger partial charge >= 0.3 is 5.76 Å². The van der Waals surface area contributed by atoms with E-state index < -0.39 is 5.76 Å². The zero-order chi connectivity index (χ0) is 14.1. The number of rotatable bonds is 2. The first kappa shape index (κ1) is 12.5. The molecular formula is C14H9ClN2O3. The molecule has 3 aromatic rings. The van der Waals surface area contributed by atoms with Gasteiger partial charge in [-0.05, 0) is 42.5 Å². The van der Waals surface area contributed by atoms with E-state index in [0.717, 1.165) is 0 Å². The summed E-state index contributed by atoms with van der Waals surface area (Å²) in [6.07, 6.45) is 0. The maximum absolute atomic E-state index is 12.1. The minimum Gasteiger partial charge on any atom is -0.408 e. The first-order valence-corrected chi connectivity index (χ1v) is 6.19. The predicted molar refractivity (Wildman–Crippen MR) is 76.2 cm³/mol. The Morgan fingerprint density at radius 3 is 2.65 bits per heavy atom. The fourth-order valence-electron chi connectivity index (χ4n) is 1.82. The van der Waals surface area contributed by atoms with Crippen LogP contribution >= 0.6 is 11.6 Å². The van der Waals surface area contributed by atoms with Gasteiger partial charge in [-0.3, -0.25) is 9.78 Å². The minimum absolute atomic E-state index is 0.293. The van der Waals surface area contributed by atoms with Gasteiger partial charge < -0.3 is 9.73 Å². The van der Waals surface area contributed by atoms with E-state index in [1.807, 2.05) is 0 Å². The summed E-state index contributed by atoms with van der Waals surface area (Å²) in [4.78, 5) is 25.6. The van der Waals surface area contributed by atoms with Crippen LogP contribution in [0.2, 0.25) is 5.02 Å². The first-order valence-electron chi connectivity index (χ1n) is 5.81. The molecule has 0 spiro atoms. The van der Waals surface area contributed by atoms with Crippen LogP contribution in [0.25, 0.3) is 11.1 Å². The van der Waals surface area contributed by atoms with Crippen LogP contribution in [0.3, 0.4) is 0 Å². The summed E-state index contributed by atoms with van der Waals surface area (Å²) in [5.74, 6) is -0.840. The molecule has 0 atom stereocenters. The first-order chi connectivity index (χ1) is 9.61. The molecule has 0 radical (unpaired) electrons. The van der Waals surface area contributed by atoms with Crippen LogP contribution in [-0.2, 0) is 0 Å². The van der Waals surface area contributed by atoms with Crippen molar-refractivity contribution in [2.75, 3.05) is 5.32 Å². The molecule has 20 heavy (non-hydrogen) atoms. The maximum Gasteiger partial charge on any atom is 0.417 e. The molecule has 0 fully saturated rings. The average molecular weight is 289 g/mol. The summed E-state index contributed by atoms with van der Waals surface area (Å²) in [7, 11) is 0. The third-order valence-electron chi connectivity index (χ3n) is 2.79. The number of fused-ring (bicyclic) bond motifs is 1. The quantitative estimate of drug-likeness (QED) is 0.761. The molecule has 5 nitrogen and oxygen atoms in total. The van der Waals surface area contributed by atoms with Gasteiger partial charge in [-0.2, -0.15) is 0 Å². The van der Waals surface area contributed by atoms with E-state index in [4.69, 9.17) is 16.0 Å². The van der Waals surface area contributed by atoms with Crippen molar-refractivity contribution >= 4 is 34.3 Å². The highest BCUT2D eigenvalue weighted by Gasteiger charge is 2.09. The van der Waals surface area contributed by atoms with E-state index in [-0.39, 0.29) is 5.91 Å². The Labute approximate surface area is 118 Å². The van der Waals surface area contributed by atoms with Gasteiger partial charge in [0.05, 0.1) is 5.52 Å². The van der Waals surface area contributed by atoms with Gasteiger partial charge in [-0.15, -0.1) is 0 Å². The Morgan fingerprint density at radius 2 is 1.90 bits per heavy atom. The van der Waals surface area contributed by atoms with Crippen molar-refractivity contribution in [2.24, 2.45) is 0 Å². The Hall–Kier alpha value is -2.53. The van der Waals surface area contributed by atoms with Crippen LogP contribution in [0.4, 0.5) is 5.69 Å². The summed E-state index contributed by atoms with van der Waals surface area (Å²) in [6.45, 7) is 0. The lowest BCUT2D eigenvalue weighted by Gasteiger charge is -2.05. The Kier molecular flexibility index (Phi) is 3.04. The number of nitrogens with one attached hydrogen (secondary N) is 2. The summed E-state index contributed by atoms with van der Waals surface area (Å²) < 4.78 is 4.92. The molecule has 100 valence electrons. The molecule has 0 aliphatic carbocycles. The maximum atomic E-state index is 12.1. The molecule has 0 saturated carbocycles. The lowest BCUT2D eigenvalue weighted by Crippen LogP contribution is -2.11. The van der Waals surface area contributed by atoms with E-state index >= 15 is 0 Å². The van der Waals surface area contributed by atoms with Crippen LogP contribution in [-0.4, -0.2) is 10.9 Å². The molecule has 1 heterocycles. The lowest BCUT2D eigenvalue weighted by molar-refractivity contribution is 0.102. The molecule has 0 aliphatic heterocycles. The van der Waals surface area contributed by atoms with Crippen molar-refractivity contribution in [1.82, 2.24) is 4.98 Å². The molecule has 3 rings (SSSR count). The minimum atomic E-state index is -0.546. The molecule has 0 aliphatic rings. The number of carbonyl (C=O) groups is 1. The number of hydrogen-bond acceptors (Lipinski definition) is 3. The highest BCUT2D eigenvalue weighted by atomic mass is 35.5. The van der Waals surface area contributed by atoms with Gasteiger partial charge in [0.2, 0.25) is 0 Å². The molecule has 0 unspecified atom stereocenters. The monoisotopic (exact) mass is 288 g/mol. The number of carbonyl (C=O) groups excluding carboxylic acids is 1. The van der Waals surface area contributed by atoms with Gasteiger partial charge in [-0.1, -0.05) is 11.6 Å².